The van der Waals surface area contributed by atoms with Crippen LogP contribution in [0.2, 0.25) is 0 Å². The molecule has 1 saturated heterocycles. The molecule has 0 amide bonds. The summed E-state index contributed by atoms with van der Waals surface area (Å²) in [6.45, 7) is 5.37. The van der Waals surface area contributed by atoms with Crippen LogP contribution in [0.5, 0.6) is 6.01 Å². The number of fused-ring (bicyclic) bond motifs is 1. The van der Waals surface area contributed by atoms with Gasteiger partial charge in [-0.1, -0.05) is 11.2 Å². The summed E-state index contributed by atoms with van der Waals surface area (Å²) < 4.78 is 5.74. The molecule has 2 aromatic rings. The number of hydrogen-bond acceptors (Lipinski definition) is 10. The number of nitriles is 1. The minimum Gasteiger partial charge on any atom is -0.462 e. The van der Waals surface area contributed by atoms with Gasteiger partial charge in [-0.25, -0.2) is 9.78 Å². The number of nitrogen functional groups attached to an aromatic ring is 1. The highest BCUT2D eigenvalue weighted by Crippen LogP contribution is 2.47. The second-order valence-corrected chi connectivity index (χ2v) is 9.58. The third kappa shape index (κ3) is 4.34. The number of carbonyl (C=O) groups excluding carboxylic acids is 1. The van der Waals surface area contributed by atoms with E-state index in [-0.39, 0.29) is 17.5 Å². The van der Waals surface area contributed by atoms with E-state index in [1.54, 1.807) is 6.07 Å². The third-order valence-electron chi connectivity index (χ3n) is 6.45. The molecule has 2 aromatic heterocycles. The zero-order chi connectivity index (χ0) is 24.3. The number of hydrogen-bond donors (Lipinski definition) is 2. The van der Waals surface area contributed by atoms with Gasteiger partial charge in [0.25, 0.3) is 0 Å². The smallest absolute Gasteiger partial charge is 0.349 e. The fourth-order valence-electron chi connectivity index (χ4n) is 4.53. The van der Waals surface area contributed by atoms with E-state index in [4.69, 9.17) is 21.0 Å². The molecule has 0 unspecified atom stereocenters. The molecule has 2 aliphatic rings. The maximum Gasteiger partial charge on any atom is 0.349 e. The molecule has 0 radical (unpaired) electrons. The van der Waals surface area contributed by atoms with E-state index in [1.165, 1.54) is 23.6 Å². The number of aromatic nitrogens is 2. The SMILES string of the molecule is C=C[C@]1(C(=O)O/N=C(\N)c2ccnc(OC[C@@H]3CCCN3C)n2)CCCc2sc(N)c(C#N)c21. The van der Waals surface area contributed by atoms with Crippen LogP contribution in [0.1, 0.15) is 47.4 Å². The lowest BCUT2D eigenvalue weighted by Crippen LogP contribution is -2.38. The minimum atomic E-state index is -1.22. The number of rotatable bonds is 7. The number of thiophene rings is 1. The Hall–Kier alpha value is -3.49. The summed E-state index contributed by atoms with van der Waals surface area (Å²) in [5.41, 5.74) is 12.0. The molecular formula is C23H27N7O3S. The van der Waals surface area contributed by atoms with E-state index < -0.39 is 11.4 Å². The highest BCUT2D eigenvalue weighted by atomic mass is 32.1. The first-order valence-corrected chi connectivity index (χ1v) is 11.9. The summed E-state index contributed by atoms with van der Waals surface area (Å²) in [4.78, 5) is 30.0. The number of aryl methyl sites for hydroxylation is 1. The standard InChI is InChI=1S/C23H27N7O3S/c1-3-23(9-4-7-17-18(23)15(12-24)20(26)34-17)21(31)33-29-19(25)16-8-10-27-22(28-16)32-13-14-6-5-11-30(14)2/h3,8,10,14H,1,4-7,9,11,13,26H2,2H3,(H2,25,29)/t14-,23-/m0/s1. The third-order valence-corrected chi connectivity index (χ3v) is 7.53. The van der Waals surface area contributed by atoms with Crippen molar-refractivity contribution < 1.29 is 14.4 Å². The van der Waals surface area contributed by atoms with Gasteiger partial charge >= 0.3 is 12.0 Å². The summed E-state index contributed by atoms with van der Waals surface area (Å²) in [5, 5.41) is 13.8. The van der Waals surface area contributed by atoms with Crippen LogP contribution in [-0.4, -0.2) is 52.9 Å². The summed E-state index contributed by atoms with van der Waals surface area (Å²) in [6.07, 6.45) is 7.10. The zero-order valence-electron chi connectivity index (χ0n) is 19.0. The maximum absolute atomic E-state index is 13.2. The number of oxime groups is 1. The van der Waals surface area contributed by atoms with E-state index in [0.29, 0.717) is 35.2 Å². The molecule has 1 aliphatic carbocycles. The molecule has 4 N–H and O–H groups in total. The number of carbonyl (C=O) groups is 1. The molecule has 0 spiro atoms. The van der Waals surface area contributed by atoms with E-state index in [2.05, 4.69) is 39.7 Å². The molecule has 34 heavy (non-hydrogen) atoms. The minimum absolute atomic E-state index is 0.0980. The second kappa shape index (κ2) is 9.79. The van der Waals surface area contributed by atoms with Crippen LogP contribution in [0.15, 0.2) is 30.1 Å². The molecule has 1 aliphatic heterocycles. The van der Waals surface area contributed by atoms with Gasteiger partial charge in [-0.15, -0.1) is 17.9 Å². The lowest BCUT2D eigenvalue weighted by Gasteiger charge is -2.31. The zero-order valence-corrected chi connectivity index (χ0v) is 19.8. The number of amidine groups is 1. The summed E-state index contributed by atoms with van der Waals surface area (Å²) in [6, 6.07) is 4.16. The van der Waals surface area contributed by atoms with Gasteiger partial charge in [0.15, 0.2) is 5.84 Å². The summed E-state index contributed by atoms with van der Waals surface area (Å²) in [7, 11) is 2.06. The molecule has 4 rings (SSSR count). The van der Waals surface area contributed by atoms with Gasteiger partial charge in [0.1, 0.15) is 28.8 Å². The highest BCUT2D eigenvalue weighted by Gasteiger charge is 2.46. The van der Waals surface area contributed by atoms with Crippen LogP contribution in [0, 0.1) is 11.3 Å². The Kier molecular flexibility index (Phi) is 6.81. The normalized spacial score (nSPS) is 22.6. The Morgan fingerprint density at radius 2 is 2.35 bits per heavy atom. The van der Waals surface area contributed by atoms with Crippen LogP contribution in [-0.2, 0) is 21.5 Å². The fraction of sp³-hybridized carbons (Fsp3) is 0.435. The molecule has 3 heterocycles. The van der Waals surface area contributed by atoms with Crippen molar-refractivity contribution in [2.75, 3.05) is 25.9 Å². The maximum atomic E-state index is 13.2. The Morgan fingerprint density at radius 1 is 1.53 bits per heavy atom. The van der Waals surface area contributed by atoms with Crippen molar-refractivity contribution in [2.45, 2.75) is 43.6 Å². The number of likely N-dealkylation sites (N-methyl/N-ethyl adjacent to an activating group) is 1. The Morgan fingerprint density at radius 3 is 3.06 bits per heavy atom. The first kappa shape index (κ1) is 23.7. The largest absolute Gasteiger partial charge is 0.462 e. The van der Waals surface area contributed by atoms with Crippen molar-refractivity contribution in [1.82, 2.24) is 14.9 Å². The van der Waals surface area contributed by atoms with Gasteiger partial charge in [-0.2, -0.15) is 10.2 Å². The second-order valence-electron chi connectivity index (χ2n) is 8.45. The molecule has 0 aromatic carbocycles. The predicted octanol–water partition coefficient (Wildman–Crippen LogP) is 2.09. The lowest BCUT2D eigenvalue weighted by atomic mass is 9.71. The van der Waals surface area contributed by atoms with Crippen LogP contribution in [0.4, 0.5) is 5.00 Å². The first-order chi connectivity index (χ1) is 16.4. The van der Waals surface area contributed by atoms with Crippen LogP contribution in [0.25, 0.3) is 0 Å². The number of nitrogens with zero attached hydrogens (tertiary/aromatic N) is 5. The topological polar surface area (TPSA) is 153 Å². The van der Waals surface area contributed by atoms with Crippen LogP contribution < -0.4 is 16.2 Å². The van der Waals surface area contributed by atoms with Crippen molar-refractivity contribution in [1.29, 1.82) is 5.26 Å². The van der Waals surface area contributed by atoms with Crippen molar-refractivity contribution in [3.63, 3.8) is 0 Å². The van der Waals surface area contributed by atoms with Gasteiger partial charge < -0.3 is 25.9 Å². The van der Waals surface area contributed by atoms with E-state index >= 15 is 0 Å². The monoisotopic (exact) mass is 481 g/mol. The average molecular weight is 482 g/mol. The summed E-state index contributed by atoms with van der Waals surface area (Å²) >= 11 is 1.32. The Labute approximate surface area is 201 Å². The average Bonchev–Trinajstić information content (AvgIpc) is 3.42. The molecule has 11 heteroatoms. The molecule has 0 saturated carbocycles. The van der Waals surface area contributed by atoms with E-state index in [9.17, 15) is 10.1 Å². The van der Waals surface area contributed by atoms with Gasteiger partial charge in [-0.3, -0.25) is 0 Å². The highest BCUT2D eigenvalue weighted by molar-refractivity contribution is 7.16. The molecule has 1 fully saturated rings. The molecule has 0 bridgehead atoms. The molecule has 2 atom stereocenters. The predicted molar refractivity (Wildman–Crippen MR) is 128 cm³/mol. The number of likely N-dealkylation sites (tertiary alicyclic amines) is 1. The first-order valence-electron chi connectivity index (χ1n) is 11.1. The quantitative estimate of drug-likeness (QED) is 0.199. The molecular weight excluding hydrogens is 454 g/mol. The van der Waals surface area contributed by atoms with E-state index in [1.807, 2.05) is 0 Å². The number of nitrogens with two attached hydrogens (primary N) is 2. The summed E-state index contributed by atoms with van der Waals surface area (Å²) in [5.74, 6) is -0.769. The molecule has 178 valence electrons. The van der Waals surface area contributed by atoms with Gasteiger partial charge in [-0.05, 0) is 51.8 Å². The fourth-order valence-corrected chi connectivity index (χ4v) is 5.68. The van der Waals surface area contributed by atoms with Gasteiger partial charge in [0.2, 0.25) is 0 Å². The van der Waals surface area contributed by atoms with E-state index in [0.717, 1.165) is 37.1 Å². The Bertz CT molecular complexity index is 1170. The van der Waals surface area contributed by atoms with Crippen molar-refractivity contribution in [3.05, 3.63) is 46.6 Å². The van der Waals surface area contributed by atoms with Crippen LogP contribution in [0.3, 0.4) is 0 Å². The van der Waals surface area contributed by atoms with Gasteiger partial charge in [0.05, 0.1) is 5.56 Å². The van der Waals surface area contributed by atoms with Gasteiger partial charge in [0, 0.05) is 22.7 Å². The molecule has 10 nitrogen and oxygen atoms in total. The van der Waals surface area contributed by atoms with Crippen LogP contribution >= 0.6 is 11.3 Å². The lowest BCUT2D eigenvalue weighted by molar-refractivity contribution is -0.149. The number of ether oxygens (including phenoxy) is 1. The van der Waals surface area contributed by atoms with Crippen molar-refractivity contribution >= 4 is 28.1 Å². The Balaban J connectivity index is 1.50. The van der Waals surface area contributed by atoms with Crippen molar-refractivity contribution in [2.24, 2.45) is 10.9 Å². The van der Waals surface area contributed by atoms with Crippen molar-refractivity contribution in [3.8, 4) is 12.1 Å². The number of anilines is 1.